The second-order valence-corrected chi connectivity index (χ2v) is 6.80. The molecule has 0 aliphatic carbocycles. The van der Waals surface area contributed by atoms with Crippen molar-refractivity contribution in [1.29, 1.82) is 0 Å². The van der Waals surface area contributed by atoms with Crippen LogP contribution < -0.4 is 10.1 Å². The first-order chi connectivity index (χ1) is 12.1. The standard InChI is InChI=1S/C18H25N3O3S/c1-12-16(10-17(23)19-14(11-22)8-9-25-3)18(21-20-12)13-4-6-15(24-2)7-5-13/h4-7,14,22H,8-11H2,1-3H3,(H,19,23)(H,20,21). The molecule has 1 atom stereocenters. The van der Waals surface area contributed by atoms with Gasteiger partial charge in [0.25, 0.3) is 0 Å². The summed E-state index contributed by atoms with van der Waals surface area (Å²) in [5, 5.41) is 19.6. The van der Waals surface area contributed by atoms with Crippen molar-refractivity contribution in [3.8, 4) is 17.0 Å². The van der Waals surface area contributed by atoms with Gasteiger partial charge in [0.2, 0.25) is 5.91 Å². The Bertz CT molecular complexity index is 685. The molecule has 136 valence electrons. The van der Waals surface area contributed by atoms with Gasteiger partial charge in [0.1, 0.15) is 5.75 Å². The van der Waals surface area contributed by atoms with Crippen LogP contribution in [-0.4, -0.2) is 53.0 Å². The van der Waals surface area contributed by atoms with Crippen molar-refractivity contribution in [3.63, 3.8) is 0 Å². The Labute approximate surface area is 152 Å². The monoisotopic (exact) mass is 363 g/mol. The molecule has 0 saturated carbocycles. The molecule has 0 aliphatic heterocycles. The number of hydrogen-bond donors (Lipinski definition) is 3. The average molecular weight is 363 g/mol. The molecule has 1 amide bonds. The smallest absolute Gasteiger partial charge is 0.224 e. The fourth-order valence-corrected chi connectivity index (χ4v) is 3.08. The molecule has 1 aromatic heterocycles. The van der Waals surface area contributed by atoms with E-state index in [4.69, 9.17) is 4.74 Å². The van der Waals surface area contributed by atoms with E-state index in [2.05, 4.69) is 15.5 Å². The Hall–Kier alpha value is -1.99. The van der Waals surface area contributed by atoms with E-state index in [1.54, 1.807) is 18.9 Å². The summed E-state index contributed by atoms with van der Waals surface area (Å²) < 4.78 is 5.18. The number of nitrogens with one attached hydrogen (secondary N) is 2. The van der Waals surface area contributed by atoms with Gasteiger partial charge in [-0.2, -0.15) is 16.9 Å². The zero-order valence-corrected chi connectivity index (χ0v) is 15.7. The van der Waals surface area contributed by atoms with Gasteiger partial charge in [-0.3, -0.25) is 9.89 Å². The summed E-state index contributed by atoms with van der Waals surface area (Å²) in [5.41, 5.74) is 3.42. The normalized spacial score (nSPS) is 12.0. The van der Waals surface area contributed by atoms with E-state index in [0.717, 1.165) is 40.4 Å². The largest absolute Gasteiger partial charge is 0.497 e. The van der Waals surface area contributed by atoms with Crippen molar-refractivity contribution in [2.45, 2.75) is 25.8 Å². The van der Waals surface area contributed by atoms with Crippen LogP contribution in [0.5, 0.6) is 5.75 Å². The van der Waals surface area contributed by atoms with Crippen LogP contribution in [0.1, 0.15) is 17.7 Å². The molecule has 1 unspecified atom stereocenters. The molecule has 0 aliphatic rings. The molecule has 1 heterocycles. The summed E-state index contributed by atoms with van der Waals surface area (Å²) in [6, 6.07) is 7.37. The van der Waals surface area contributed by atoms with Gasteiger partial charge in [0.05, 0.1) is 31.9 Å². The average Bonchev–Trinajstić information content (AvgIpc) is 2.99. The minimum atomic E-state index is -0.211. The van der Waals surface area contributed by atoms with Crippen molar-refractivity contribution in [3.05, 3.63) is 35.5 Å². The quantitative estimate of drug-likeness (QED) is 0.636. The lowest BCUT2D eigenvalue weighted by atomic mass is 10.0. The fraction of sp³-hybridized carbons (Fsp3) is 0.444. The molecule has 2 rings (SSSR count). The van der Waals surface area contributed by atoms with Crippen molar-refractivity contribution >= 4 is 17.7 Å². The summed E-state index contributed by atoms with van der Waals surface area (Å²) >= 11 is 1.70. The van der Waals surface area contributed by atoms with E-state index >= 15 is 0 Å². The Balaban J connectivity index is 2.11. The minimum Gasteiger partial charge on any atom is -0.497 e. The molecule has 0 fully saturated rings. The first-order valence-corrected chi connectivity index (χ1v) is 9.55. The molecule has 0 radical (unpaired) electrons. The Morgan fingerprint density at radius 3 is 2.72 bits per heavy atom. The van der Waals surface area contributed by atoms with Crippen molar-refractivity contribution in [1.82, 2.24) is 15.5 Å². The number of ether oxygens (including phenoxy) is 1. The molecular weight excluding hydrogens is 338 g/mol. The van der Waals surface area contributed by atoms with Gasteiger partial charge in [-0.05, 0) is 49.6 Å². The van der Waals surface area contributed by atoms with Gasteiger partial charge in [-0.25, -0.2) is 0 Å². The summed E-state index contributed by atoms with van der Waals surface area (Å²) in [6.07, 6.45) is 2.98. The summed E-state index contributed by atoms with van der Waals surface area (Å²) in [4.78, 5) is 12.4. The van der Waals surface area contributed by atoms with Crippen LogP contribution in [0.25, 0.3) is 11.3 Å². The molecule has 0 bridgehead atoms. The number of rotatable bonds is 9. The third-order valence-electron chi connectivity index (χ3n) is 4.03. The van der Waals surface area contributed by atoms with Gasteiger partial charge >= 0.3 is 0 Å². The first-order valence-electron chi connectivity index (χ1n) is 8.16. The highest BCUT2D eigenvalue weighted by Crippen LogP contribution is 2.26. The zero-order chi connectivity index (χ0) is 18.2. The highest BCUT2D eigenvalue weighted by atomic mass is 32.2. The number of aromatic nitrogens is 2. The number of H-pyrrole nitrogens is 1. The van der Waals surface area contributed by atoms with Crippen LogP contribution in [0.3, 0.4) is 0 Å². The number of aromatic amines is 1. The first kappa shape index (κ1) is 19.3. The molecule has 0 saturated heterocycles. The van der Waals surface area contributed by atoms with Crippen LogP contribution in [-0.2, 0) is 11.2 Å². The third kappa shape index (κ3) is 5.24. The Morgan fingerprint density at radius 1 is 1.40 bits per heavy atom. The van der Waals surface area contributed by atoms with Crippen LogP contribution in [0.4, 0.5) is 0 Å². The summed E-state index contributed by atoms with van der Waals surface area (Å²) in [5.74, 6) is 1.56. The Kier molecular flexibility index (Phi) is 7.33. The minimum absolute atomic E-state index is 0.0536. The number of amides is 1. The van der Waals surface area contributed by atoms with Crippen LogP contribution >= 0.6 is 11.8 Å². The van der Waals surface area contributed by atoms with Gasteiger partial charge in [-0.1, -0.05) is 0 Å². The molecule has 0 spiro atoms. The lowest BCUT2D eigenvalue weighted by molar-refractivity contribution is -0.121. The van der Waals surface area contributed by atoms with E-state index < -0.39 is 0 Å². The lowest BCUT2D eigenvalue weighted by Gasteiger charge is -2.16. The number of benzene rings is 1. The molecule has 1 aromatic carbocycles. The maximum Gasteiger partial charge on any atom is 0.224 e. The maximum absolute atomic E-state index is 12.4. The lowest BCUT2D eigenvalue weighted by Crippen LogP contribution is -2.38. The van der Waals surface area contributed by atoms with E-state index in [1.165, 1.54) is 0 Å². The van der Waals surface area contributed by atoms with E-state index in [0.29, 0.717) is 0 Å². The van der Waals surface area contributed by atoms with Crippen molar-refractivity contribution in [2.75, 3.05) is 25.7 Å². The van der Waals surface area contributed by atoms with Gasteiger partial charge in [-0.15, -0.1) is 0 Å². The van der Waals surface area contributed by atoms with Crippen molar-refractivity contribution < 1.29 is 14.6 Å². The second-order valence-electron chi connectivity index (χ2n) is 5.81. The number of hydrogen-bond acceptors (Lipinski definition) is 5. The number of aryl methyl sites for hydroxylation is 1. The van der Waals surface area contributed by atoms with E-state index in [1.807, 2.05) is 37.4 Å². The molecule has 2 aromatic rings. The highest BCUT2D eigenvalue weighted by Gasteiger charge is 2.18. The SMILES string of the molecule is COc1ccc(-c2n[nH]c(C)c2CC(=O)NC(CO)CCSC)cc1. The van der Waals surface area contributed by atoms with Gasteiger partial charge < -0.3 is 15.2 Å². The van der Waals surface area contributed by atoms with Crippen LogP contribution in [0.15, 0.2) is 24.3 Å². The predicted octanol–water partition coefficient (Wildman–Crippen LogP) is 2.17. The van der Waals surface area contributed by atoms with Crippen molar-refractivity contribution in [2.24, 2.45) is 0 Å². The number of thioether (sulfide) groups is 1. The second kappa shape index (κ2) is 9.48. The molecule has 3 N–H and O–H groups in total. The molecule has 7 heteroatoms. The third-order valence-corrected chi connectivity index (χ3v) is 4.67. The number of carbonyl (C=O) groups excluding carboxylic acids is 1. The number of aliphatic hydroxyl groups excluding tert-OH is 1. The van der Waals surface area contributed by atoms with E-state index in [-0.39, 0.29) is 25.0 Å². The maximum atomic E-state index is 12.4. The summed E-state index contributed by atoms with van der Waals surface area (Å²) in [7, 11) is 1.62. The van der Waals surface area contributed by atoms with Crippen LogP contribution in [0, 0.1) is 6.92 Å². The topological polar surface area (TPSA) is 87.2 Å². The molecule has 25 heavy (non-hydrogen) atoms. The molecular formula is C18H25N3O3S. The predicted molar refractivity (Wildman–Crippen MR) is 101 cm³/mol. The zero-order valence-electron chi connectivity index (χ0n) is 14.8. The van der Waals surface area contributed by atoms with Crippen LogP contribution in [0.2, 0.25) is 0 Å². The Morgan fingerprint density at radius 2 is 2.12 bits per heavy atom. The number of carbonyl (C=O) groups is 1. The van der Waals surface area contributed by atoms with Gasteiger partial charge in [0, 0.05) is 16.8 Å². The van der Waals surface area contributed by atoms with Gasteiger partial charge in [0.15, 0.2) is 0 Å². The fourth-order valence-electron chi connectivity index (χ4n) is 2.56. The van der Waals surface area contributed by atoms with E-state index in [9.17, 15) is 9.90 Å². The number of aliphatic hydroxyl groups is 1. The number of methoxy groups -OCH3 is 1. The highest BCUT2D eigenvalue weighted by molar-refractivity contribution is 7.98. The number of nitrogens with zero attached hydrogens (tertiary/aromatic N) is 1. The summed E-state index contributed by atoms with van der Waals surface area (Å²) in [6.45, 7) is 1.85. The molecule has 6 nitrogen and oxygen atoms in total.